The van der Waals surface area contributed by atoms with E-state index in [1.165, 1.54) is 22.8 Å². The van der Waals surface area contributed by atoms with Crippen molar-refractivity contribution in [2.24, 2.45) is 0 Å². The van der Waals surface area contributed by atoms with Crippen LogP contribution in [0.4, 0.5) is 0 Å². The summed E-state index contributed by atoms with van der Waals surface area (Å²) in [6.07, 6.45) is 6.34. The maximum Gasteiger partial charge on any atom is 0.341 e. The van der Waals surface area contributed by atoms with Crippen molar-refractivity contribution in [3.63, 3.8) is 0 Å². The normalized spacial score (nSPS) is 11.4. The number of aliphatic carboxylic acids is 1. The van der Waals surface area contributed by atoms with E-state index in [4.69, 9.17) is 9.84 Å². The summed E-state index contributed by atoms with van der Waals surface area (Å²) in [5.74, 6) is -0.744. The third-order valence-electron chi connectivity index (χ3n) is 4.96. The number of benzene rings is 2. The summed E-state index contributed by atoms with van der Waals surface area (Å²) in [7, 11) is -3.87. The summed E-state index contributed by atoms with van der Waals surface area (Å²) in [5, 5.41) is 13.0. The molecule has 0 bridgehead atoms. The van der Waals surface area contributed by atoms with Gasteiger partial charge in [0.05, 0.1) is 5.69 Å². The Morgan fingerprint density at radius 1 is 0.971 bits per heavy atom. The number of carboxylic acid groups (broad SMARTS) is 1. The SMILES string of the molecule is O=C(O)COc1cccc(CN(Cc2ccc(-n3cccn3)cc2)S(=O)(=O)c2cccnc2)c1. The minimum Gasteiger partial charge on any atom is -0.482 e. The Bertz CT molecular complexity index is 1340. The second kappa shape index (κ2) is 10.3. The monoisotopic (exact) mass is 478 g/mol. The van der Waals surface area contributed by atoms with Gasteiger partial charge in [-0.2, -0.15) is 9.40 Å². The second-order valence-electron chi connectivity index (χ2n) is 7.41. The lowest BCUT2D eigenvalue weighted by Crippen LogP contribution is -2.30. The number of carboxylic acids is 1. The first-order chi connectivity index (χ1) is 16.4. The Hall–Kier alpha value is -4.02. The number of ether oxygens (including phenoxy) is 1. The average molecular weight is 479 g/mol. The van der Waals surface area contributed by atoms with Gasteiger partial charge in [0.1, 0.15) is 10.6 Å². The standard InChI is InChI=1S/C24H22N4O5S/c29-24(30)18-33-22-5-1-4-20(14-22)17-27(34(31,32)23-6-2-11-25-15-23)16-19-7-9-21(10-8-19)28-13-3-12-26-28/h1-15H,16-18H2,(H,29,30). The third-order valence-corrected chi connectivity index (χ3v) is 6.73. The lowest BCUT2D eigenvalue weighted by molar-refractivity contribution is -0.139. The number of pyridine rings is 1. The molecule has 0 unspecified atom stereocenters. The lowest BCUT2D eigenvalue weighted by Gasteiger charge is -2.23. The Labute approximate surface area is 196 Å². The van der Waals surface area contributed by atoms with Crippen molar-refractivity contribution < 1.29 is 23.1 Å². The van der Waals surface area contributed by atoms with Crippen LogP contribution in [0, 0.1) is 0 Å². The molecule has 4 aromatic rings. The van der Waals surface area contributed by atoms with Crippen LogP contribution >= 0.6 is 0 Å². The summed E-state index contributed by atoms with van der Waals surface area (Å²) >= 11 is 0. The first-order valence-electron chi connectivity index (χ1n) is 10.3. The predicted octanol–water partition coefficient (Wildman–Crippen LogP) is 3.12. The van der Waals surface area contributed by atoms with Gasteiger partial charge in [-0.15, -0.1) is 0 Å². The van der Waals surface area contributed by atoms with E-state index < -0.39 is 22.6 Å². The van der Waals surface area contributed by atoms with Gasteiger partial charge in [-0.05, 0) is 53.6 Å². The van der Waals surface area contributed by atoms with Crippen molar-refractivity contribution in [2.45, 2.75) is 18.0 Å². The molecule has 0 radical (unpaired) electrons. The second-order valence-corrected chi connectivity index (χ2v) is 9.35. The first kappa shape index (κ1) is 23.1. The topological polar surface area (TPSA) is 115 Å². The van der Waals surface area contributed by atoms with Crippen LogP contribution < -0.4 is 4.74 Å². The fourth-order valence-corrected chi connectivity index (χ4v) is 4.72. The molecule has 2 heterocycles. The van der Waals surface area contributed by atoms with Gasteiger partial charge >= 0.3 is 5.97 Å². The van der Waals surface area contributed by atoms with E-state index >= 15 is 0 Å². The van der Waals surface area contributed by atoms with E-state index in [1.807, 2.05) is 36.5 Å². The Balaban J connectivity index is 1.61. The molecule has 0 aliphatic rings. The highest BCUT2D eigenvalue weighted by Crippen LogP contribution is 2.23. The average Bonchev–Trinajstić information content (AvgIpc) is 3.39. The highest BCUT2D eigenvalue weighted by atomic mass is 32.2. The van der Waals surface area contributed by atoms with Crippen LogP contribution in [0.1, 0.15) is 11.1 Å². The molecule has 9 nitrogen and oxygen atoms in total. The minimum atomic E-state index is -3.87. The van der Waals surface area contributed by atoms with Crippen molar-refractivity contribution >= 4 is 16.0 Å². The van der Waals surface area contributed by atoms with Crippen molar-refractivity contribution in [2.75, 3.05) is 6.61 Å². The van der Waals surface area contributed by atoms with Gasteiger partial charge in [-0.3, -0.25) is 4.98 Å². The fourth-order valence-electron chi connectivity index (χ4n) is 3.34. The zero-order valence-electron chi connectivity index (χ0n) is 18.1. The molecule has 2 aromatic heterocycles. The van der Waals surface area contributed by atoms with Crippen molar-refractivity contribution in [3.05, 3.63) is 103 Å². The molecule has 34 heavy (non-hydrogen) atoms. The summed E-state index contributed by atoms with van der Waals surface area (Å²) in [4.78, 5) is 14.8. The Morgan fingerprint density at radius 3 is 2.44 bits per heavy atom. The fraction of sp³-hybridized carbons (Fsp3) is 0.125. The number of aromatic nitrogens is 3. The van der Waals surface area contributed by atoms with Crippen molar-refractivity contribution in [1.82, 2.24) is 19.1 Å². The smallest absolute Gasteiger partial charge is 0.341 e. The lowest BCUT2D eigenvalue weighted by atomic mass is 10.2. The number of rotatable bonds is 10. The van der Waals surface area contributed by atoms with E-state index in [0.29, 0.717) is 11.3 Å². The van der Waals surface area contributed by atoms with E-state index in [2.05, 4.69) is 10.1 Å². The maximum atomic E-state index is 13.5. The quantitative estimate of drug-likeness (QED) is 0.372. The van der Waals surface area contributed by atoms with Gasteiger partial charge in [0.25, 0.3) is 0 Å². The van der Waals surface area contributed by atoms with Crippen LogP contribution in [0.2, 0.25) is 0 Å². The molecule has 1 N–H and O–H groups in total. The van der Waals surface area contributed by atoms with E-state index in [9.17, 15) is 13.2 Å². The Morgan fingerprint density at radius 2 is 1.76 bits per heavy atom. The first-order valence-corrected chi connectivity index (χ1v) is 11.8. The summed E-state index contributed by atoms with van der Waals surface area (Å²) in [6, 6.07) is 19.1. The number of hydrogen-bond acceptors (Lipinski definition) is 6. The number of sulfonamides is 1. The molecule has 10 heteroatoms. The van der Waals surface area contributed by atoms with Gasteiger partial charge in [0, 0.05) is 37.9 Å². The Kier molecular flexibility index (Phi) is 7.00. The summed E-state index contributed by atoms with van der Waals surface area (Å²) in [5.41, 5.74) is 2.31. The zero-order valence-corrected chi connectivity index (χ0v) is 18.9. The molecule has 0 amide bonds. The molecule has 0 saturated carbocycles. The molecule has 0 aliphatic heterocycles. The van der Waals surface area contributed by atoms with Crippen LogP contribution in [0.25, 0.3) is 5.69 Å². The van der Waals surface area contributed by atoms with Crippen LogP contribution in [0.15, 0.2) is 96.4 Å². The molecule has 2 aromatic carbocycles. The third kappa shape index (κ3) is 5.66. The van der Waals surface area contributed by atoms with Gasteiger partial charge in [-0.25, -0.2) is 17.9 Å². The maximum absolute atomic E-state index is 13.5. The van der Waals surface area contributed by atoms with Gasteiger partial charge < -0.3 is 9.84 Å². The van der Waals surface area contributed by atoms with Crippen molar-refractivity contribution in [3.8, 4) is 11.4 Å². The van der Waals surface area contributed by atoms with E-state index in [1.54, 1.807) is 41.2 Å². The van der Waals surface area contributed by atoms with Crippen LogP contribution in [-0.4, -0.2) is 45.2 Å². The molecular weight excluding hydrogens is 456 g/mol. The highest BCUT2D eigenvalue weighted by Gasteiger charge is 2.25. The molecule has 0 atom stereocenters. The number of carbonyl (C=O) groups is 1. The van der Waals surface area contributed by atoms with Gasteiger partial charge in [-0.1, -0.05) is 24.3 Å². The number of nitrogens with zero attached hydrogens (tertiary/aromatic N) is 4. The van der Waals surface area contributed by atoms with E-state index in [-0.39, 0.29) is 18.0 Å². The predicted molar refractivity (Wildman–Crippen MR) is 124 cm³/mol. The zero-order chi connectivity index (χ0) is 24.0. The van der Waals surface area contributed by atoms with Gasteiger partial charge in [0.2, 0.25) is 10.0 Å². The largest absolute Gasteiger partial charge is 0.482 e. The number of hydrogen-bond donors (Lipinski definition) is 1. The molecule has 0 fully saturated rings. The molecule has 0 saturated heterocycles. The summed E-state index contributed by atoms with van der Waals surface area (Å²) in [6.45, 7) is -0.303. The van der Waals surface area contributed by atoms with Gasteiger partial charge in [0.15, 0.2) is 6.61 Å². The van der Waals surface area contributed by atoms with E-state index in [0.717, 1.165) is 11.3 Å². The van der Waals surface area contributed by atoms with Crippen molar-refractivity contribution in [1.29, 1.82) is 0 Å². The minimum absolute atomic E-state index is 0.0579. The molecule has 0 spiro atoms. The molecule has 174 valence electrons. The van der Waals surface area contributed by atoms with Crippen LogP contribution in [0.5, 0.6) is 5.75 Å². The van der Waals surface area contributed by atoms with Crippen LogP contribution in [0.3, 0.4) is 0 Å². The molecule has 4 rings (SSSR count). The molecular formula is C24H22N4O5S. The summed E-state index contributed by atoms with van der Waals surface area (Å²) < 4.78 is 35.2. The van der Waals surface area contributed by atoms with Crippen LogP contribution in [-0.2, 0) is 27.9 Å². The molecule has 0 aliphatic carbocycles. The highest BCUT2D eigenvalue weighted by molar-refractivity contribution is 7.89.